The van der Waals surface area contributed by atoms with Crippen LogP contribution < -0.4 is 5.32 Å². The van der Waals surface area contributed by atoms with Gasteiger partial charge >= 0.3 is 0 Å². The van der Waals surface area contributed by atoms with Crippen molar-refractivity contribution in [2.45, 2.75) is 23.8 Å². The van der Waals surface area contributed by atoms with E-state index in [0.717, 1.165) is 22.6 Å². The second kappa shape index (κ2) is 9.99. The molecule has 3 aromatic heterocycles. The molecule has 194 valence electrons. The third-order valence-electron chi connectivity index (χ3n) is 6.45. The van der Waals surface area contributed by atoms with E-state index in [1.807, 2.05) is 28.1 Å². The van der Waals surface area contributed by atoms with E-state index >= 15 is 0 Å². The summed E-state index contributed by atoms with van der Waals surface area (Å²) in [5.41, 5.74) is 2.93. The number of hydrogen-bond acceptors (Lipinski definition) is 8. The summed E-state index contributed by atoms with van der Waals surface area (Å²) in [4.78, 5) is 15.0. The Labute approximate surface area is 228 Å². The van der Waals surface area contributed by atoms with Gasteiger partial charge in [0.25, 0.3) is 0 Å². The molecular weight excluding hydrogens is 544 g/mol. The van der Waals surface area contributed by atoms with E-state index in [9.17, 15) is 13.5 Å². The topological polar surface area (TPSA) is 113 Å². The Morgan fingerprint density at radius 1 is 1.11 bits per heavy atom. The smallest absolute Gasteiger partial charge is 0.243 e. The van der Waals surface area contributed by atoms with Gasteiger partial charge in [0.15, 0.2) is 4.96 Å². The van der Waals surface area contributed by atoms with E-state index in [0.29, 0.717) is 41.9 Å². The highest BCUT2D eigenvalue weighted by atomic mass is 35.5. The standard InChI is InChI=1S/C26H23ClN6O3S2/c27-18-6-8-21(9-7-18)38(35,36)32-12-2-4-19(16-32)29-25-28-11-10-22(30-25)24-23(17-3-1-5-20(34)15-17)31-26-33(24)13-14-37-26/h1,3,5-11,13-15,19,34H,2,4,12,16H2,(H,28,29,30)/t19-/m1/s1. The fourth-order valence-electron chi connectivity index (χ4n) is 4.66. The number of benzene rings is 2. The normalized spacial score (nSPS) is 16.6. The minimum Gasteiger partial charge on any atom is -0.508 e. The van der Waals surface area contributed by atoms with Gasteiger partial charge in [-0.25, -0.2) is 23.4 Å². The summed E-state index contributed by atoms with van der Waals surface area (Å²) in [5.74, 6) is 0.565. The van der Waals surface area contributed by atoms with Gasteiger partial charge in [0, 0.05) is 47.5 Å². The molecule has 5 aromatic rings. The van der Waals surface area contributed by atoms with Crippen LogP contribution in [0.2, 0.25) is 5.02 Å². The van der Waals surface area contributed by atoms with E-state index in [4.69, 9.17) is 21.6 Å². The number of nitrogens with one attached hydrogen (secondary N) is 1. The first-order valence-electron chi connectivity index (χ1n) is 12.0. The molecule has 0 radical (unpaired) electrons. The predicted octanol–water partition coefficient (Wildman–Crippen LogP) is 5.14. The maximum Gasteiger partial charge on any atom is 0.243 e. The number of aromatic nitrogens is 4. The fourth-order valence-corrected chi connectivity index (χ4v) is 7.03. The average Bonchev–Trinajstić information content (AvgIpc) is 3.51. The van der Waals surface area contributed by atoms with Crippen molar-refractivity contribution in [2.24, 2.45) is 0 Å². The van der Waals surface area contributed by atoms with Crippen molar-refractivity contribution in [1.29, 1.82) is 0 Å². The summed E-state index contributed by atoms with van der Waals surface area (Å²) in [7, 11) is -3.64. The summed E-state index contributed by atoms with van der Waals surface area (Å²) in [5, 5.41) is 15.8. The molecule has 12 heteroatoms. The van der Waals surface area contributed by atoms with Crippen LogP contribution in [-0.2, 0) is 10.0 Å². The lowest BCUT2D eigenvalue weighted by Gasteiger charge is -2.32. The molecule has 0 unspecified atom stereocenters. The second-order valence-corrected chi connectivity index (χ2v) is 12.2. The summed E-state index contributed by atoms with van der Waals surface area (Å²) >= 11 is 7.45. The summed E-state index contributed by atoms with van der Waals surface area (Å²) in [6.45, 7) is 0.748. The van der Waals surface area contributed by atoms with Crippen molar-refractivity contribution in [1.82, 2.24) is 23.7 Å². The molecule has 2 N–H and O–H groups in total. The maximum absolute atomic E-state index is 13.2. The number of hydrogen-bond donors (Lipinski definition) is 2. The molecule has 1 fully saturated rings. The van der Waals surface area contributed by atoms with Gasteiger partial charge in [-0.2, -0.15) is 4.31 Å². The first kappa shape index (κ1) is 24.8. The van der Waals surface area contributed by atoms with Gasteiger partial charge in [-0.1, -0.05) is 23.7 Å². The van der Waals surface area contributed by atoms with Gasteiger partial charge in [-0.3, -0.25) is 4.40 Å². The number of anilines is 1. The molecule has 0 bridgehead atoms. The Morgan fingerprint density at radius 3 is 2.76 bits per heavy atom. The van der Waals surface area contributed by atoms with Gasteiger partial charge in [0.05, 0.1) is 16.3 Å². The third kappa shape index (κ3) is 4.73. The Balaban J connectivity index is 1.28. The van der Waals surface area contributed by atoms with Crippen molar-refractivity contribution in [3.63, 3.8) is 0 Å². The Bertz CT molecular complexity index is 1720. The highest BCUT2D eigenvalue weighted by Crippen LogP contribution is 2.35. The Kier molecular flexibility index (Phi) is 6.52. The lowest BCUT2D eigenvalue weighted by Crippen LogP contribution is -2.45. The number of piperidine rings is 1. The summed E-state index contributed by atoms with van der Waals surface area (Å²) in [6, 6.07) is 14.9. The molecule has 4 heterocycles. The number of phenols is 1. The molecule has 9 nitrogen and oxygen atoms in total. The first-order valence-corrected chi connectivity index (χ1v) is 14.7. The number of imidazole rings is 1. The zero-order chi connectivity index (χ0) is 26.3. The van der Waals surface area contributed by atoms with Gasteiger partial charge in [-0.05, 0) is 55.3 Å². The van der Waals surface area contributed by atoms with Crippen LogP contribution in [0, 0.1) is 0 Å². The van der Waals surface area contributed by atoms with Crippen LogP contribution in [0.5, 0.6) is 5.75 Å². The minimum absolute atomic E-state index is 0.154. The number of aromatic hydroxyl groups is 1. The molecule has 1 saturated heterocycles. The van der Waals surface area contributed by atoms with Crippen molar-refractivity contribution < 1.29 is 13.5 Å². The zero-order valence-corrected chi connectivity index (χ0v) is 22.4. The fraction of sp³-hybridized carbons (Fsp3) is 0.192. The number of halogens is 1. The largest absolute Gasteiger partial charge is 0.508 e. The van der Waals surface area contributed by atoms with Crippen LogP contribution in [0.25, 0.3) is 27.6 Å². The van der Waals surface area contributed by atoms with E-state index in [1.165, 1.54) is 27.8 Å². The molecule has 0 spiro atoms. The lowest BCUT2D eigenvalue weighted by atomic mass is 10.1. The van der Waals surface area contributed by atoms with Gasteiger partial charge in [0.2, 0.25) is 16.0 Å². The van der Waals surface area contributed by atoms with Crippen molar-refractivity contribution in [3.05, 3.63) is 77.4 Å². The van der Waals surface area contributed by atoms with Crippen LogP contribution >= 0.6 is 22.9 Å². The number of nitrogens with zero attached hydrogens (tertiary/aromatic N) is 5. The summed E-state index contributed by atoms with van der Waals surface area (Å²) < 4.78 is 29.9. The summed E-state index contributed by atoms with van der Waals surface area (Å²) in [6.07, 6.45) is 5.11. The number of rotatable bonds is 6. The van der Waals surface area contributed by atoms with Crippen LogP contribution in [0.3, 0.4) is 0 Å². The lowest BCUT2D eigenvalue weighted by molar-refractivity contribution is 0.326. The average molecular weight is 567 g/mol. The minimum atomic E-state index is -3.64. The maximum atomic E-state index is 13.2. The van der Waals surface area contributed by atoms with Crippen LogP contribution in [-0.4, -0.2) is 56.3 Å². The van der Waals surface area contributed by atoms with Crippen LogP contribution in [0.1, 0.15) is 12.8 Å². The molecule has 6 rings (SSSR count). The SMILES string of the molecule is O=S(=O)(c1ccc(Cl)cc1)N1CCC[C@@H](Nc2nccc(-c3c(-c4cccc(O)c4)nc4sccn34)n2)C1. The Morgan fingerprint density at radius 2 is 1.95 bits per heavy atom. The van der Waals surface area contributed by atoms with Crippen molar-refractivity contribution >= 4 is 43.9 Å². The second-order valence-electron chi connectivity index (χ2n) is 8.98. The van der Waals surface area contributed by atoms with E-state index in [-0.39, 0.29) is 16.7 Å². The predicted molar refractivity (Wildman–Crippen MR) is 148 cm³/mol. The number of sulfonamides is 1. The molecule has 1 atom stereocenters. The number of thiazole rings is 1. The molecule has 0 aliphatic carbocycles. The highest BCUT2D eigenvalue weighted by Gasteiger charge is 2.30. The van der Waals surface area contributed by atoms with Gasteiger partial charge < -0.3 is 10.4 Å². The molecule has 1 aliphatic rings. The third-order valence-corrected chi connectivity index (χ3v) is 9.34. The zero-order valence-electron chi connectivity index (χ0n) is 20.0. The highest BCUT2D eigenvalue weighted by molar-refractivity contribution is 7.89. The quantitative estimate of drug-likeness (QED) is 0.292. The van der Waals surface area contributed by atoms with Gasteiger partial charge in [0.1, 0.15) is 11.4 Å². The van der Waals surface area contributed by atoms with Crippen molar-refractivity contribution in [3.8, 4) is 28.4 Å². The molecule has 0 saturated carbocycles. The van der Waals surface area contributed by atoms with E-state index < -0.39 is 10.0 Å². The van der Waals surface area contributed by atoms with E-state index in [2.05, 4.69) is 10.3 Å². The number of fused-ring (bicyclic) bond motifs is 1. The monoisotopic (exact) mass is 566 g/mol. The Hall–Kier alpha value is -3.51. The molecule has 0 amide bonds. The molecule has 38 heavy (non-hydrogen) atoms. The van der Waals surface area contributed by atoms with Crippen molar-refractivity contribution in [2.75, 3.05) is 18.4 Å². The van der Waals surface area contributed by atoms with Gasteiger partial charge in [-0.15, -0.1) is 11.3 Å². The number of phenolic OH excluding ortho intramolecular Hbond substituents is 1. The molecule has 2 aromatic carbocycles. The first-order chi connectivity index (χ1) is 18.4. The van der Waals surface area contributed by atoms with E-state index in [1.54, 1.807) is 36.5 Å². The molecular formula is C26H23ClN6O3S2. The van der Waals surface area contributed by atoms with Crippen LogP contribution in [0.15, 0.2) is 77.3 Å². The van der Waals surface area contributed by atoms with Crippen LogP contribution in [0.4, 0.5) is 5.95 Å². The molecule has 1 aliphatic heterocycles.